The Kier molecular flexibility index (Phi) is 2.67. The van der Waals surface area contributed by atoms with Crippen molar-refractivity contribution in [1.82, 2.24) is 0 Å². The zero-order valence-electron chi connectivity index (χ0n) is 11.9. The summed E-state index contributed by atoms with van der Waals surface area (Å²) >= 11 is 3.45. The van der Waals surface area contributed by atoms with Crippen molar-refractivity contribution in [2.24, 2.45) is 11.8 Å². The van der Waals surface area contributed by atoms with Crippen molar-refractivity contribution in [3.8, 4) is 0 Å². The van der Waals surface area contributed by atoms with Crippen molar-refractivity contribution in [2.75, 3.05) is 4.90 Å². The molecule has 0 aromatic heterocycles. The molecule has 2 amide bonds. The largest absolute Gasteiger partial charge is 0.370 e. The number of aryl methyl sites for hydroxylation is 1. The van der Waals surface area contributed by atoms with Crippen LogP contribution in [0.2, 0.25) is 0 Å². The molecule has 1 aromatic carbocycles. The Morgan fingerprint density at radius 3 is 2.76 bits per heavy atom. The first kappa shape index (κ1) is 13.5. The lowest BCUT2D eigenvalue weighted by molar-refractivity contribution is -0.126. The van der Waals surface area contributed by atoms with Gasteiger partial charge in [-0.2, -0.15) is 0 Å². The van der Waals surface area contributed by atoms with E-state index in [9.17, 15) is 9.59 Å². The van der Waals surface area contributed by atoms with E-state index in [4.69, 9.17) is 4.74 Å². The number of rotatable bonds is 1. The highest BCUT2D eigenvalue weighted by Crippen LogP contribution is 2.55. The Morgan fingerprint density at radius 1 is 1.33 bits per heavy atom. The molecule has 2 bridgehead atoms. The molecule has 4 nitrogen and oxygen atoms in total. The Bertz CT molecular complexity index is 673. The summed E-state index contributed by atoms with van der Waals surface area (Å²) < 4.78 is 6.89. The van der Waals surface area contributed by atoms with Gasteiger partial charge in [0.2, 0.25) is 11.8 Å². The molecule has 4 atom stereocenters. The number of carbonyl (C=O) groups is 2. The maximum Gasteiger partial charge on any atom is 0.240 e. The first-order valence-corrected chi connectivity index (χ1v) is 8.03. The lowest BCUT2D eigenvalue weighted by atomic mass is 9.74. The monoisotopic (exact) mass is 349 g/mol. The van der Waals surface area contributed by atoms with Crippen molar-refractivity contribution in [1.29, 1.82) is 0 Å². The van der Waals surface area contributed by atoms with Crippen molar-refractivity contribution in [3.63, 3.8) is 0 Å². The van der Waals surface area contributed by atoms with Crippen LogP contribution >= 0.6 is 15.9 Å². The Hall–Kier alpha value is -1.20. The summed E-state index contributed by atoms with van der Waals surface area (Å²) in [4.78, 5) is 26.9. The molecule has 21 heavy (non-hydrogen) atoms. The smallest absolute Gasteiger partial charge is 0.240 e. The number of hydrogen-bond donors (Lipinski definition) is 0. The summed E-state index contributed by atoms with van der Waals surface area (Å²) in [6.07, 6.45) is 1.66. The van der Waals surface area contributed by atoms with Gasteiger partial charge in [0.05, 0.1) is 29.2 Å². The van der Waals surface area contributed by atoms with Crippen LogP contribution in [0.5, 0.6) is 0 Å². The van der Waals surface area contributed by atoms with E-state index in [0.29, 0.717) is 5.69 Å². The van der Waals surface area contributed by atoms with E-state index < -0.39 is 5.60 Å². The third-order valence-corrected chi connectivity index (χ3v) is 6.04. The van der Waals surface area contributed by atoms with Crippen LogP contribution in [0.25, 0.3) is 0 Å². The molecule has 3 aliphatic rings. The van der Waals surface area contributed by atoms with Crippen molar-refractivity contribution >= 4 is 33.4 Å². The van der Waals surface area contributed by atoms with Gasteiger partial charge in [0.25, 0.3) is 0 Å². The van der Waals surface area contributed by atoms with Crippen molar-refractivity contribution < 1.29 is 14.3 Å². The fourth-order valence-corrected chi connectivity index (χ4v) is 4.35. The van der Waals surface area contributed by atoms with Gasteiger partial charge in [-0.1, -0.05) is 15.9 Å². The summed E-state index contributed by atoms with van der Waals surface area (Å²) in [6.45, 7) is 3.92. The van der Waals surface area contributed by atoms with Gasteiger partial charge in [-0.05, 0) is 50.5 Å². The van der Waals surface area contributed by atoms with Gasteiger partial charge in [-0.25, -0.2) is 4.90 Å². The summed E-state index contributed by atoms with van der Waals surface area (Å²) in [5.74, 6) is -0.801. The molecule has 0 N–H and O–H groups in total. The van der Waals surface area contributed by atoms with Crippen molar-refractivity contribution in [3.05, 3.63) is 28.2 Å². The number of hydrogen-bond acceptors (Lipinski definition) is 3. The second-order valence-corrected chi connectivity index (χ2v) is 7.31. The molecule has 1 aromatic rings. The van der Waals surface area contributed by atoms with Gasteiger partial charge in [0.1, 0.15) is 0 Å². The number of benzene rings is 1. The highest BCUT2D eigenvalue weighted by atomic mass is 79.9. The van der Waals surface area contributed by atoms with E-state index >= 15 is 0 Å². The molecule has 3 heterocycles. The topological polar surface area (TPSA) is 46.6 Å². The second-order valence-electron chi connectivity index (χ2n) is 6.46. The van der Waals surface area contributed by atoms with Gasteiger partial charge >= 0.3 is 0 Å². The van der Waals surface area contributed by atoms with Crippen LogP contribution in [-0.2, 0) is 14.3 Å². The molecule has 3 saturated heterocycles. The minimum absolute atomic E-state index is 0.0852. The first-order chi connectivity index (χ1) is 9.92. The Morgan fingerprint density at radius 2 is 2.10 bits per heavy atom. The highest BCUT2D eigenvalue weighted by Gasteiger charge is 2.67. The number of nitrogens with zero attached hydrogens (tertiary/aromatic N) is 1. The lowest BCUT2D eigenvalue weighted by Crippen LogP contribution is -2.39. The SMILES string of the molecule is Cc1cc(N2C(=O)C3C4CCC(C)(O4)C3C2=O)ccc1Br. The van der Waals surface area contributed by atoms with E-state index in [1.54, 1.807) is 0 Å². The van der Waals surface area contributed by atoms with Crippen LogP contribution in [0, 0.1) is 18.8 Å². The van der Waals surface area contributed by atoms with Gasteiger partial charge < -0.3 is 4.74 Å². The number of imide groups is 1. The lowest BCUT2D eigenvalue weighted by Gasteiger charge is -2.26. The zero-order valence-corrected chi connectivity index (χ0v) is 13.5. The van der Waals surface area contributed by atoms with Gasteiger partial charge in [0, 0.05) is 4.47 Å². The van der Waals surface area contributed by atoms with Crippen LogP contribution < -0.4 is 4.90 Å². The maximum absolute atomic E-state index is 12.8. The number of amides is 2. The third kappa shape index (κ3) is 1.64. The average Bonchev–Trinajstić information content (AvgIpc) is 3.03. The predicted octanol–water partition coefficient (Wildman–Crippen LogP) is 2.81. The van der Waals surface area contributed by atoms with Crippen LogP contribution in [-0.4, -0.2) is 23.5 Å². The maximum atomic E-state index is 12.8. The molecule has 0 aliphatic carbocycles. The van der Waals surface area contributed by atoms with Crippen LogP contribution in [0.15, 0.2) is 22.7 Å². The van der Waals surface area contributed by atoms with Gasteiger partial charge in [0.15, 0.2) is 0 Å². The summed E-state index contributed by atoms with van der Waals surface area (Å²) in [5.41, 5.74) is 1.22. The van der Waals surface area contributed by atoms with E-state index in [1.165, 1.54) is 4.90 Å². The van der Waals surface area contributed by atoms with E-state index in [2.05, 4.69) is 15.9 Å². The first-order valence-electron chi connectivity index (χ1n) is 7.24. The molecule has 3 fully saturated rings. The molecule has 4 unspecified atom stereocenters. The molecule has 0 radical (unpaired) electrons. The number of ether oxygens (including phenoxy) is 1. The van der Waals surface area contributed by atoms with Gasteiger partial charge in [-0.15, -0.1) is 0 Å². The van der Waals surface area contributed by atoms with Crippen LogP contribution in [0.4, 0.5) is 5.69 Å². The Balaban J connectivity index is 1.77. The number of carbonyl (C=O) groups excluding carboxylic acids is 2. The van der Waals surface area contributed by atoms with Gasteiger partial charge in [-0.3, -0.25) is 9.59 Å². The molecule has 0 spiro atoms. The quantitative estimate of drug-likeness (QED) is 0.732. The highest BCUT2D eigenvalue weighted by molar-refractivity contribution is 9.10. The number of anilines is 1. The molecular weight excluding hydrogens is 334 g/mol. The van der Waals surface area contributed by atoms with Crippen LogP contribution in [0.1, 0.15) is 25.3 Å². The average molecular weight is 350 g/mol. The number of halogens is 1. The fourth-order valence-electron chi connectivity index (χ4n) is 4.10. The van der Waals surface area contributed by atoms with E-state index in [-0.39, 0.29) is 29.8 Å². The molecule has 5 heteroatoms. The van der Waals surface area contributed by atoms with E-state index in [1.807, 2.05) is 32.0 Å². The standard InChI is InChI=1S/C16H16BrNO3/c1-8-7-9(3-4-10(8)17)18-14(19)12-11-5-6-16(2,21-11)13(12)15(18)20/h3-4,7,11-13H,5-6H2,1-2H3. The molecule has 4 rings (SSSR count). The second kappa shape index (κ2) is 4.17. The molecule has 0 saturated carbocycles. The minimum atomic E-state index is -0.457. The molecule has 3 aliphatic heterocycles. The normalized spacial score (nSPS) is 37.5. The third-order valence-electron chi connectivity index (χ3n) is 5.16. The Labute approximate surface area is 131 Å². The number of fused-ring (bicyclic) bond motifs is 5. The summed E-state index contributed by atoms with van der Waals surface area (Å²) in [7, 11) is 0. The fraction of sp³-hybridized carbons (Fsp3) is 0.500. The van der Waals surface area contributed by atoms with Crippen molar-refractivity contribution in [2.45, 2.75) is 38.4 Å². The molecule has 110 valence electrons. The predicted molar refractivity (Wildman–Crippen MR) is 80.9 cm³/mol. The summed E-state index contributed by atoms with van der Waals surface area (Å²) in [6, 6.07) is 5.58. The van der Waals surface area contributed by atoms with Crippen LogP contribution in [0.3, 0.4) is 0 Å². The van der Waals surface area contributed by atoms with E-state index in [0.717, 1.165) is 22.9 Å². The molecular formula is C16H16BrNO3. The summed E-state index contributed by atoms with van der Waals surface area (Å²) in [5, 5.41) is 0. The zero-order chi connectivity index (χ0) is 14.9. The minimum Gasteiger partial charge on any atom is -0.370 e.